The quantitative estimate of drug-likeness (QED) is 0.882. The van der Waals surface area contributed by atoms with E-state index in [4.69, 9.17) is 4.74 Å². The number of ether oxygens (including phenoxy) is 1. The van der Waals surface area contributed by atoms with E-state index >= 15 is 0 Å². The van der Waals surface area contributed by atoms with Crippen molar-refractivity contribution in [3.05, 3.63) is 35.9 Å². The Labute approximate surface area is 98.3 Å². The lowest BCUT2D eigenvalue weighted by Gasteiger charge is -2.05. The average Bonchev–Trinajstić information content (AvgIpc) is 2.71. The van der Waals surface area contributed by atoms with Crippen molar-refractivity contribution in [3.8, 4) is 16.9 Å². The fourth-order valence-corrected chi connectivity index (χ4v) is 1.71. The lowest BCUT2D eigenvalue weighted by molar-refractivity contribution is 0.276. The van der Waals surface area contributed by atoms with E-state index in [1.165, 1.54) is 13.2 Å². The highest BCUT2D eigenvalue weighted by Gasteiger charge is 2.14. The van der Waals surface area contributed by atoms with Gasteiger partial charge >= 0.3 is 0 Å². The third kappa shape index (κ3) is 2.14. The van der Waals surface area contributed by atoms with Gasteiger partial charge in [0.25, 0.3) is 0 Å². The molecule has 2 aromatic rings. The van der Waals surface area contributed by atoms with Crippen LogP contribution in [0, 0.1) is 5.82 Å². The number of halogens is 1. The van der Waals surface area contributed by atoms with E-state index in [1.54, 1.807) is 30.1 Å². The second kappa shape index (κ2) is 4.55. The second-order valence-electron chi connectivity index (χ2n) is 3.67. The van der Waals surface area contributed by atoms with Gasteiger partial charge in [0.2, 0.25) is 0 Å². The maximum absolute atomic E-state index is 13.7. The first-order valence-corrected chi connectivity index (χ1v) is 5.13. The zero-order valence-corrected chi connectivity index (χ0v) is 9.64. The summed E-state index contributed by atoms with van der Waals surface area (Å²) in [5, 5.41) is 13.2. The maximum Gasteiger partial charge on any atom is 0.131 e. The van der Waals surface area contributed by atoms with Crippen molar-refractivity contribution in [1.82, 2.24) is 9.78 Å². The van der Waals surface area contributed by atoms with Crippen LogP contribution in [0.2, 0.25) is 0 Å². The van der Waals surface area contributed by atoms with Crippen LogP contribution in [-0.2, 0) is 13.7 Å². The molecule has 0 atom stereocenters. The van der Waals surface area contributed by atoms with E-state index in [2.05, 4.69) is 5.10 Å². The zero-order valence-electron chi connectivity index (χ0n) is 9.64. The number of aryl methyl sites for hydroxylation is 1. The van der Waals surface area contributed by atoms with Gasteiger partial charge < -0.3 is 9.84 Å². The van der Waals surface area contributed by atoms with Crippen LogP contribution >= 0.6 is 0 Å². The number of aliphatic hydroxyl groups excluding tert-OH is 1. The van der Waals surface area contributed by atoms with Crippen LogP contribution in [0.5, 0.6) is 5.75 Å². The van der Waals surface area contributed by atoms with Gasteiger partial charge in [-0.1, -0.05) is 0 Å². The summed E-state index contributed by atoms with van der Waals surface area (Å²) in [6.45, 7) is -0.229. The molecule has 0 saturated heterocycles. The van der Waals surface area contributed by atoms with Crippen molar-refractivity contribution in [1.29, 1.82) is 0 Å². The zero-order chi connectivity index (χ0) is 12.4. The van der Waals surface area contributed by atoms with Crippen molar-refractivity contribution < 1.29 is 14.2 Å². The Hall–Kier alpha value is -1.88. The van der Waals surface area contributed by atoms with Gasteiger partial charge in [-0.05, 0) is 18.2 Å². The molecule has 0 radical (unpaired) electrons. The molecule has 2 rings (SSSR count). The number of nitrogens with zero attached hydrogens (tertiary/aromatic N) is 2. The van der Waals surface area contributed by atoms with Crippen molar-refractivity contribution >= 4 is 0 Å². The minimum Gasteiger partial charge on any atom is -0.497 e. The topological polar surface area (TPSA) is 47.3 Å². The Morgan fingerprint density at radius 2 is 2.18 bits per heavy atom. The van der Waals surface area contributed by atoms with E-state index in [-0.39, 0.29) is 12.4 Å². The molecule has 0 fully saturated rings. The summed E-state index contributed by atoms with van der Waals surface area (Å²) in [4.78, 5) is 0. The van der Waals surface area contributed by atoms with Gasteiger partial charge in [-0.3, -0.25) is 4.68 Å². The van der Waals surface area contributed by atoms with Crippen molar-refractivity contribution in [2.24, 2.45) is 7.05 Å². The lowest BCUT2D eigenvalue weighted by atomic mass is 10.1. The Bertz CT molecular complexity index is 537. The Balaban J connectivity index is 2.58. The van der Waals surface area contributed by atoms with Crippen LogP contribution in [0.4, 0.5) is 4.39 Å². The summed E-state index contributed by atoms with van der Waals surface area (Å²) < 4.78 is 20.3. The average molecular weight is 236 g/mol. The molecule has 0 amide bonds. The number of methoxy groups -OCH3 is 1. The predicted octanol–water partition coefficient (Wildman–Crippen LogP) is 1.73. The Morgan fingerprint density at radius 1 is 1.41 bits per heavy atom. The fourth-order valence-electron chi connectivity index (χ4n) is 1.71. The molecule has 0 saturated carbocycles. The molecule has 0 spiro atoms. The van der Waals surface area contributed by atoms with Crippen molar-refractivity contribution in [2.75, 3.05) is 7.11 Å². The minimum atomic E-state index is -0.367. The highest BCUT2D eigenvalue weighted by atomic mass is 19.1. The molecule has 0 aliphatic rings. The first-order chi connectivity index (χ1) is 8.15. The monoisotopic (exact) mass is 236 g/mol. The summed E-state index contributed by atoms with van der Waals surface area (Å²) in [6, 6.07) is 4.47. The normalized spacial score (nSPS) is 10.6. The first kappa shape index (κ1) is 11.6. The SMILES string of the molecule is COc1ccc(F)c(-c2cn(C)nc2CO)c1. The summed E-state index contributed by atoms with van der Waals surface area (Å²) >= 11 is 0. The van der Waals surface area contributed by atoms with E-state index < -0.39 is 0 Å². The maximum atomic E-state index is 13.7. The number of rotatable bonds is 3. The summed E-state index contributed by atoms with van der Waals surface area (Å²) in [6.07, 6.45) is 1.67. The van der Waals surface area contributed by atoms with Crippen LogP contribution in [-0.4, -0.2) is 22.0 Å². The van der Waals surface area contributed by atoms with Crippen LogP contribution in [0.15, 0.2) is 24.4 Å². The molecular formula is C12H13FN2O2. The van der Waals surface area contributed by atoms with E-state index in [1.807, 2.05) is 0 Å². The number of hydrogen-bond acceptors (Lipinski definition) is 3. The molecule has 90 valence electrons. The molecule has 5 heteroatoms. The van der Waals surface area contributed by atoms with Gasteiger partial charge in [-0.25, -0.2) is 4.39 Å². The molecule has 0 aliphatic heterocycles. The van der Waals surface area contributed by atoms with Crippen LogP contribution in [0.3, 0.4) is 0 Å². The lowest BCUT2D eigenvalue weighted by Crippen LogP contribution is -1.92. The predicted molar refractivity (Wildman–Crippen MR) is 61.1 cm³/mol. The minimum absolute atomic E-state index is 0.229. The highest BCUT2D eigenvalue weighted by Crippen LogP contribution is 2.29. The molecule has 4 nitrogen and oxygen atoms in total. The van der Waals surface area contributed by atoms with Gasteiger partial charge in [0.05, 0.1) is 19.4 Å². The van der Waals surface area contributed by atoms with Crippen molar-refractivity contribution in [3.63, 3.8) is 0 Å². The van der Waals surface area contributed by atoms with Gasteiger partial charge in [0, 0.05) is 24.4 Å². The molecule has 0 aliphatic carbocycles. The van der Waals surface area contributed by atoms with Crippen molar-refractivity contribution in [2.45, 2.75) is 6.61 Å². The molecule has 1 N–H and O–H groups in total. The smallest absolute Gasteiger partial charge is 0.131 e. The van der Waals surface area contributed by atoms with Gasteiger partial charge in [-0.2, -0.15) is 5.10 Å². The Kier molecular flexibility index (Phi) is 3.10. The summed E-state index contributed by atoms with van der Waals surface area (Å²) in [5.74, 6) is 0.197. The second-order valence-corrected chi connectivity index (χ2v) is 3.67. The third-order valence-electron chi connectivity index (χ3n) is 2.52. The van der Waals surface area contributed by atoms with Gasteiger partial charge in [0.1, 0.15) is 11.6 Å². The molecule has 0 bridgehead atoms. The Morgan fingerprint density at radius 3 is 2.82 bits per heavy atom. The molecule has 0 unspecified atom stereocenters. The molecule has 17 heavy (non-hydrogen) atoms. The van der Waals surface area contributed by atoms with Gasteiger partial charge in [0.15, 0.2) is 0 Å². The van der Waals surface area contributed by atoms with Crippen LogP contribution in [0.1, 0.15) is 5.69 Å². The van der Waals surface area contributed by atoms with Crippen LogP contribution in [0.25, 0.3) is 11.1 Å². The highest BCUT2D eigenvalue weighted by molar-refractivity contribution is 5.67. The summed E-state index contributed by atoms with van der Waals surface area (Å²) in [5.41, 5.74) is 1.40. The molecule has 1 heterocycles. The number of benzene rings is 1. The number of aromatic nitrogens is 2. The summed E-state index contributed by atoms with van der Waals surface area (Å²) in [7, 11) is 3.24. The fraction of sp³-hybridized carbons (Fsp3) is 0.250. The van der Waals surface area contributed by atoms with E-state index in [9.17, 15) is 9.50 Å². The number of aliphatic hydroxyl groups is 1. The third-order valence-corrected chi connectivity index (χ3v) is 2.52. The van der Waals surface area contributed by atoms with Crippen LogP contribution < -0.4 is 4.74 Å². The largest absolute Gasteiger partial charge is 0.497 e. The first-order valence-electron chi connectivity index (χ1n) is 5.13. The van der Waals surface area contributed by atoms with E-state index in [0.717, 1.165) is 0 Å². The molecule has 1 aromatic carbocycles. The standard InChI is InChI=1S/C12H13FN2O2/c1-15-6-10(12(7-16)14-15)9-5-8(17-2)3-4-11(9)13/h3-6,16H,7H2,1-2H3. The molecular weight excluding hydrogens is 223 g/mol. The van der Waals surface area contributed by atoms with E-state index in [0.29, 0.717) is 22.6 Å². The molecule has 1 aromatic heterocycles. The number of hydrogen-bond donors (Lipinski definition) is 1. The van der Waals surface area contributed by atoms with Gasteiger partial charge in [-0.15, -0.1) is 0 Å².